The normalized spacial score (nSPS) is 30.8. The summed E-state index contributed by atoms with van der Waals surface area (Å²) in [5.74, 6) is 1.51. The first kappa shape index (κ1) is 11.0. The van der Waals surface area contributed by atoms with Crippen LogP contribution in [0, 0.1) is 16.7 Å². The Morgan fingerprint density at radius 3 is 1.93 bits per heavy atom. The molecule has 0 aromatic carbocycles. The van der Waals surface area contributed by atoms with Crippen LogP contribution in [0.25, 0.3) is 0 Å². The zero-order chi connectivity index (χ0) is 11.3. The van der Waals surface area contributed by atoms with E-state index in [1.807, 2.05) is 0 Å². The molecular formula is C13H24N2. The van der Waals surface area contributed by atoms with Gasteiger partial charge in [0.1, 0.15) is 0 Å². The predicted molar refractivity (Wildman–Crippen MR) is 64.9 cm³/mol. The highest BCUT2D eigenvalue weighted by molar-refractivity contribution is 5.83. The van der Waals surface area contributed by atoms with Crippen molar-refractivity contribution in [3.05, 3.63) is 0 Å². The fourth-order valence-corrected chi connectivity index (χ4v) is 2.96. The summed E-state index contributed by atoms with van der Waals surface area (Å²) in [6.45, 7) is 9.18. The van der Waals surface area contributed by atoms with Gasteiger partial charge in [0.25, 0.3) is 0 Å². The molecule has 2 aliphatic carbocycles. The summed E-state index contributed by atoms with van der Waals surface area (Å²) in [6, 6.07) is 0.436. The first-order valence-electron chi connectivity index (χ1n) is 6.20. The van der Waals surface area contributed by atoms with E-state index in [4.69, 9.17) is 10.7 Å². The van der Waals surface area contributed by atoms with Crippen molar-refractivity contribution >= 4 is 5.84 Å². The van der Waals surface area contributed by atoms with Crippen molar-refractivity contribution in [2.45, 2.75) is 59.4 Å². The molecule has 0 aromatic rings. The zero-order valence-electron chi connectivity index (χ0n) is 10.5. The topological polar surface area (TPSA) is 38.4 Å². The molecule has 0 atom stereocenters. The third-order valence-electron chi connectivity index (χ3n) is 5.00. The lowest BCUT2D eigenvalue weighted by molar-refractivity contribution is 0.457. The van der Waals surface area contributed by atoms with Gasteiger partial charge >= 0.3 is 0 Å². The summed E-state index contributed by atoms with van der Waals surface area (Å²) in [5, 5.41) is 0. The lowest BCUT2D eigenvalue weighted by Crippen LogP contribution is -2.22. The van der Waals surface area contributed by atoms with Crippen LogP contribution in [0.3, 0.4) is 0 Å². The van der Waals surface area contributed by atoms with Crippen LogP contribution >= 0.6 is 0 Å². The van der Waals surface area contributed by atoms with Crippen molar-refractivity contribution < 1.29 is 0 Å². The maximum absolute atomic E-state index is 6.11. The minimum Gasteiger partial charge on any atom is -0.387 e. The van der Waals surface area contributed by atoms with Gasteiger partial charge in [0.05, 0.1) is 11.9 Å². The highest BCUT2D eigenvalue weighted by atomic mass is 15.0. The average Bonchev–Trinajstić information content (AvgIpc) is 2.65. The first-order valence-corrected chi connectivity index (χ1v) is 6.20. The largest absolute Gasteiger partial charge is 0.387 e. The van der Waals surface area contributed by atoms with Crippen LogP contribution in [0.5, 0.6) is 0 Å². The van der Waals surface area contributed by atoms with Crippen LogP contribution in [0.1, 0.15) is 53.4 Å². The Morgan fingerprint density at radius 1 is 1.07 bits per heavy atom. The van der Waals surface area contributed by atoms with Crippen LogP contribution in [0.2, 0.25) is 0 Å². The van der Waals surface area contributed by atoms with Crippen molar-refractivity contribution in [1.82, 2.24) is 0 Å². The lowest BCUT2D eigenvalue weighted by atomic mass is 10.0. The van der Waals surface area contributed by atoms with E-state index in [2.05, 4.69) is 27.7 Å². The number of hydrogen-bond donors (Lipinski definition) is 1. The molecular weight excluding hydrogens is 184 g/mol. The highest BCUT2D eigenvalue weighted by Gasteiger charge is 2.65. The summed E-state index contributed by atoms with van der Waals surface area (Å²) < 4.78 is 0. The zero-order valence-corrected chi connectivity index (χ0v) is 10.5. The molecule has 2 saturated carbocycles. The molecule has 0 saturated heterocycles. The minimum atomic E-state index is 0.330. The number of nitrogens with zero attached hydrogens (tertiary/aromatic N) is 1. The molecule has 0 spiro atoms. The standard InChI is InChI=1S/C13H24N2/c1-12(2)11(13(12,3)4)15-10(14)9-7-5-6-8-9/h9,11H,5-8H2,1-4H3,(H2,14,15). The number of nitrogens with two attached hydrogens (primary N) is 1. The summed E-state index contributed by atoms with van der Waals surface area (Å²) in [4.78, 5) is 4.77. The van der Waals surface area contributed by atoms with E-state index in [1.54, 1.807) is 0 Å². The second-order valence-electron chi connectivity index (χ2n) is 6.38. The average molecular weight is 208 g/mol. The third kappa shape index (κ3) is 1.58. The van der Waals surface area contributed by atoms with E-state index >= 15 is 0 Å². The van der Waals surface area contributed by atoms with Crippen molar-refractivity contribution in [3.8, 4) is 0 Å². The van der Waals surface area contributed by atoms with Gasteiger partial charge in [-0.3, -0.25) is 4.99 Å². The van der Waals surface area contributed by atoms with E-state index in [9.17, 15) is 0 Å². The van der Waals surface area contributed by atoms with E-state index < -0.39 is 0 Å². The molecule has 0 bridgehead atoms. The summed E-state index contributed by atoms with van der Waals surface area (Å²) in [7, 11) is 0. The third-order valence-corrected chi connectivity index (χ3v) is 5.00. The van der Waals surface area contributed by atoms with Crippen LogP contribution in [0.15, 0.2) is 4.99 Å². The van der Waals surface area contributed by atoms with Gasteiger partial charge in [-0.05, 0) is 23.7 Å². The first-order chi connectivity index (χ1) is 6.87. The molecule has 2 fully saturated rings. The maximum Gasteiger partial charge on any atom is 0.0972 e. The Bertz CT molecular complexity index is 269. The Labute approximate surface area is 93.3 Å². The SMILES string of the molecule is CC1(C)C(N=C(N)C2CCCC2)C1(C)C. The molecule has 0 unspecified atom stereocenters. The molecule has 0 aromatic heterocycles. The van der Waals surface area contributed by atoms with Crippen molar-refractivity contribution in [3.63, 3.8) is 0 Å². The quantitative estimate of drug-likeness (QED) is 0.550. The van der Waals surface area contributed by atoms with Gasteiger partial charge in [0, 0.05) is 5.92 Å². The second kappa shape index (κ2) is 3.23. The van der Waals surface area contributed by atoms with Gasteiger partial charge in [-0.1, -0.05) is 40.5 Å². The van der Waals surface area contributed by atoms with Gasteiger partial charge in [-0.15, -0.1) is 0 Å². The minimum absolute atomic E-state index is 0.330. The Morgan fingerprint density at radius 2 is 1.53 bits per heavy atom. The molecule has 15 heavy (non-hydrogen) atoms. The molecule has 2 aliphatic rings. The predicted octanol–water partition coefficient (Wildman–Crippen LogP) is 2.97. The summed E-state index contributed by atoms with van der Waals surface area (Å²) in [6.07, 6.45) is 5.17. The molecule has 0 aliphatic heterocycles. The smallest absolute Gasteiger partial charge is 0.0972 e. The maximum atomic E-state index is 6.11. The number of hydrogen-bond acceptors (Lipinski definition) is 1. The van der Waals surface area contributed by atoms with Gasteiger partial charge < -0.3 is 5.73 Å². The van der Waals surface area contributed by atoms with Gasteiger partial charge in [0.2, 0.25) is 0 Å². The fourth-order valence-electron chi connectivity index (χ4n) is 2.96. The molecule has 2 rings (SSSR count). The van der Waals surface area contributed by atoms with Crippen LogP contribution in [0.4, 0.5) is 0 Å². The Hall–Kier alpha value is -0.530. The van der Waals surface area contributed by atoms with Crippen LogP contribution in [-0.2, 0) is 0 Å². The summed E-state index contributed by atoms with van der Waals surface area (Å²) in [5.41, 5.74) is 6.77. The van der Waals surface area contributed by atoms with Crippen LogP contribution < -0.4 is 5.73 Å². The van der Waals surface area contributed by atoms with Crippen molar-refractivity contribution in [2.24, 2.45) is 27.5 Å². The van der Waals surface area contributed by atoms with Gasteiger partial charge in [0.15, 0.2) is 0 Å². The van der Waals surface area contributed by atoms with E-state index in [0.29, 0.717) is 22.8 Å². The van der Waals surface area contributed by atoms with Crippen molar-refractivity contribution in [1.29, 1.82) is 0 Å². The fraction of sp³-hybridized carbons (Fsp3) is 0.923. The molecule has 2 N–H and O–H groups in total. The second-order valence-corrected chi connectivity index (χ2v) is 6.38. The Balaban J connectivity index is 2.05. The molecule has 2 heteroatoms. The van der Waals surface area contributed by atoms with Gasteiger partial charge in [-0.25, -0.2) is 0 Å². The van der Waals surface area contributed by atoms with E-state index in [1.165, 1.54) is 25.7 Å². The number of aliphatic imine (C=N–C) groups is 1. The van der Waals surface area contributed by atoms with Crippen molar-refractivity contribution in [2.75, 3.05) is 0 Å². The lowest BCUT2D eigenvalue weighted by Gasteiger charge is -2.08. The molecule has 0 heterocycles. The number of rotatable bonds is 2. The monoisotopic (exact) mass is 208 g/mol. The Kier molecular flexibility index (Phi) is 2.36. The highest BCUT2D eigenvalue weighted by Crippen LogP contribution is 2.64. The number of amidine groups is 1. The molecule has 0 amide bonds. The van der Waals surface area contributed by atoms with Gasteiger partial charge in [-0.2, -0.15) is 0 Å². The van der Waals surface area contributed by atoms with E-state index in [0.717, 1.165) is 5.84 Å². The summed E-state index contributed by atoms with van der Waals surface area (Å²) >= 11 is 0. The molecule has 86 valence electrons. The molecule has 0 radical (unpaired) electrons. The van der Waals surface area contributed by atoms with E-state index in [-0.39, 0.29) is 0 Å². The van der Waals surface area contributed by atoms with Crippen LogP contribution in [-0.4, -0.2) is 11.9 Å². The molecule has 2 nitrogen and oxygen atoms in total.